The van der Waals surface area contributed by atoms with Crippen LogP contribution in [0.5, 0.6) is 17.2 Å². The first-order valence-corrected chi connectivity index (χ1v) is 10.6. The van der Waals surface area contributed by atoms with Gasteiger partial charge in [-0.05, 0) is 36.4 Å². The molecule has 1 saturated heterocycles. The van der Waals surface area contributed by atoms with Crippen molar-refractivity contribution in [3.05, 3.63) is 60.2 Å². The number of ether oxygens (including phenoxy) is 3. The zero-order valence-corrected chi connectivity index (χ0v) is 17.9. The monoisotopic (exact) mass is 432 g/mol. The van der Waals surface area contributed by atoms with E-state index in [0.717, 1.165) is 53.0 Å². The Kier molecular flexibility index (Phi) is 5.49. The topological polar surface area (TPSA) is 77.0 Å². The third kappa shape index (κ3) is 4.03. The van der Waals surface area contributed by atoms with Crippen molar-refractivity contribution in [1.29, 1.82) is 0 Å². The van der Waals surface area contributed by atoms with Crippen LogP contribution in [0.4, 0.5) is 5.82 Å². The number of methoxy groups -OCH3 is 1. The summed E-state index contributed by atoms with van der Waals surface area (Å²) in [7, 11) is 1.63. The second kappa shape index (κ2) is 8.74. The molecule has 0 saturated carbocycles. The van der Waals surface area contributed by atoms with Gasteiger partial charge in [0, 0.05) is 37.3 Å². The first kappa shape index (κ1) is 20.1. The van der Waals surface area contributed by atoms with Crippen LogP contribution in [0.1, 0.15) is 5.56 Å². The molecule has 32 heavy (non-hydrogen) atoms. The summed E-state index contributed by atoms with van der Waals surface area (Å²) in [6.07, 6.45) is 0.341. The maximum absolute atomic E-state index is 12.8. The van der Waals surface area contributed by atoms with Crippen LogP contribution in [0, 0.1) is 0 Å². The third-order valence-corrected chi connectivity index (χ3v) is 5.81. The van der Waals surface area contributed by atoms with Crippen molar-refractivity contribution in [3.63, 3.8) is 0 Å². The molecule has 8 heteroatoms. The number of carbonyl (C=O) groups is 1. The number of amides is 1. The molecule has 2 aromatic carbocycles. The van der Waals surface area contributed by atoms with Crippen molar-refractivity contribution >= 4 is 11.7 Å². The van der Waals surface area contributed by atoms with Gasteiger partial charge in [0.15, 0.2) is 17.3 Å². The van der Waals surface area contributed by atoms with Crippen molar-refractivity contribution in [3.8, 4) is 28.5 Å². The summed E-state index contributed by atoms with van der Waals surface area (Å²) in [5.74, 6) is 3.14. The summed E-state index contributed by atoms with van der Waals surface area (Å²) in [4.78, 5) is 16.8. The molecule has 3 aromatic rings. The van der Waals surface area contributed by atoms with Crippen molar-refractivity contribution in [2.75, 3.05) is 45.0 Å². The Balaban J connectivity index is 1.19. The molecular formula is C24H24N4O4. The van der Waals surface area contributed by atoms with Gasteiger partial charge in [-0.2, -0.15) is 0 Å². The van der Waals surface area contributed by atoms with E-state index in [0.29, 0.717) is 19.5 Å². The van der Waals surface area contributed by atoms with Crippen molar-refractivity contribution in [2.24, 2.45) is 0 Å². The SMILES string of the molecule is COc1ccccc1CC(=O)N1CCN(c2ccc(-c3ccc4c(c3)OCO4)nn2)CC1. The lowest BCUT2D eigenvalue weighted by Crippen LogP contribution is -2.49. The number of nitrogens with zero attached hydrogens (tertiary/aromatic N) is 4. The molecule has 0 N–H and O–H groups in total. The summed E-state index contributed by atoms with van der Waals surface area (Å²) < 4.78 is 16.2. The highest BCUT2D eigenvalue weighted by Gasteiger charge is 2.23. The molecule has 0 aliphatic carbocycles. The van der Waals surface area contributed by atoms with Gasteiger partial charge in [0.2, 0.25) is 12.7 Å². The molecule has 1 amide bonds. The molecule has 1 fully saturated rings. The summed E-state index contributed by atoms with van der Waals surface area (Å²) in [5, 5.41) is 8.81. The number of hydrogen-bond donors (Lipinski definition) is 0. The summed E-state index contributed by atoms with van der Waals surface area (Å²) in [5.41, 5.74) is 2.62. The van der Waals surface area contributed by atoms with E-state index in [1.54, 1.807) is 7.11 Å². The van der Waals surface area contributed by atoms with E-state index in [4.69, 9.17) is 14.2 Å². The van der Waals surface area contributed by atoms with E-state index in [9.17, 15) is 4.79 Å². The molecule has 0 unspecified atom stereocenters. The Morgan fingerprint density at radius 2 is 1.78 bits per heavy atom. The van der Waals surface area contributed by atoms with Crippen LogP contribution in [0.3, 0.4) is 0 Å². The summed E-state index contributed by atoms with van der Waals surface area (Å²) >= 11 is 0. The standard InChI is InChI=1S/C24H24N4O4/c1-30-20-5-3-2-4-18(20)15-24(29)28-12-10-27(11-13-28)23-9-7-19(25-26-23)17-6-8-21-22(14-17)32-16-31-21/h2-9,14H,10-13,15-16H2,1H3. The van der Waals surface area contributed by atoms with E-state index in [2.05, 4.69) is 15.1 Å². The lowest BCUT2D eigenvalue weighted by atomic mass is 10.1. The Labute approximate surface area is 186 Å². The molecule has 3 heterocycles. The van der Waals surface area contributed by atoms with E-state index < -0.39 is 0 Å². The average Bonchev–Trinajstić information content (AvgIpc) is 3.32. The summed E-state index contributed by atoms with van der Waals surface area (Å²) in [6, 6.07) is 17.3. The quantitative estimate of drug-likeness (QED) is 0.614. The van der Waals surface area contributed by atoms with Crippen LogP contribution in [0.15, 0.2) is 54.6 Å². The predicted molar refractivity (Wildman–Crippen MR) is 119 cm³/mol. The molecule has 8 nitrogen and oxygen atoms in total. The van der Waals surface area contributed by atoms with Gasteiger partial charge in [0.25, 0.3) is 0 Å². The minimum Gasteiger partial charge on any atom is -0.496 e. The van der Waals surface area contributed by atoms with Crippen molar-refractivity contribution in [1.82, 2.24) is 15.1 Å². The normalized spacial score (nSPS) is 15.0. The van der Waals surface area contributed by atoms with E-state index >= 15 is 0 Å². The van der Waals surface area contributed by atoms with Crippen LogP contribution < -0.4 is 19.1 Å². The number of carbonyl (C=O) groups excluding carboxylic acids is 1. The zero-order chi connectivity index (χ0) is 21.9. The number of piperazine rings is 1. The number of aromatic nitrogens is 2. The lowest BCUT2D eigenvalue weighted by Gasteiger charge is -2.35. The highest BCUT2D eigenvalue weighted by atomic mass is 16.7. The first-order chi connectivity index (χ1) is 15.7. The molecule has 0 atom stereocenters. The number of rotatable bonds is 5. The fourth-order valence-electron chi connectivity index (χ4n) is 4.01. The molecule has 1 aromatic heterocycles. The Bertz CT molecular complexity index is 1110. The van der Waals surface area contributed by atoms with Gasteiger partial charge in [-0.3, -0.25) is 4.79 Å². The fraction of sp³-hybridized carbons (Fsp3) is 0.292. The second-order valence-corrected chi connectivity index (χ2v) is 7.70. The molecule has 2 aliphatic heterocycles. The van der Waals surface area contributed by atoms with Gasteiger partial charge in [-0.25, -0.2) is 0 Å². The van der Waals surface area contributed by atoms with Gasteiger partial charge in [0.1, 0.15) is 5.75 Å². The number of hydrogen-bond acceptors (Lipinski definition) is 7. The van der Waals surface area contributed by atoms with E-state index in [1.807, 2.05) is 59.5 Å². The number of para-hydroxylation sites is 1. The molecule has 2 aliphatic rings. The lowest BCUT2D eigenvalue weighted by molar-refractivity contribution is -0.130. The molecule has 164 valence electrons. The van der Waals surface area contributed by atoms with Crippen LogP contribution in [-0.2, 0) is 11.2 Å². The molecule has 0 bridgehead atoms. The smallest absolute Gasteiger partial charge is 0.231 e. The third-order valence-electron chi connectivity index (χ3n) is 5.81. The van der Waals surface area contributed by atoms with Crippen LogP contribution in [0.2, 0.25) is 0 Å². The fourth-order valence-corrected chi connectivity index (χ4v) is 4.01. The minimum absolute atomic E-state index is 0.110. The average molecular weight is 432 g/mol. The van der Waals surface area contributed by atoms with E-state index in [-0.39, 0.29) is 12.7 Å². The van der Waals surface area contributed by atoms with Crippen molar-refractivity contribution < 1.29 is 19.0 Å². The summed E-state index contributed by atoms with van der Waals surface area (Å²) in [6.45, 7) is 2.99. The second-order valence-electron chi connectivity index (χ2n) is 7.70. The largest absolute Gasteiger partial charge is 0.496 e. The predicted octanol–water partition coefficient (Wildman–Crippen LogP) is 2.77. The maximum Gasteiger partial charge on any atom is 0.231 e. The Morgan fingerprint density at radius 3 is 2.56 bits per heavy atom. The first-order valence-electron chi connectivity index (χ1n) is 10.6. The van der Waals surface area contributed by atoms with Crippen LogP contribution >= 0.6 is 0 Å². The number of benzene rings is 2. The van der Waals surface area contributed by atoms with Crippen LogP contribution in [0.25, 0.3) is 11.3 Å². The Hall–Kier alpha value is -3.81. The van der Waals surface area contributed by atoms with Gasteiger partial charge in [-0.1, -0.05) is 18.2 Å². The van der Waals surface area contributed by atoms with Gasteiger partial charge in [-0.15, -0.1) is 10.2 Å². The van der Waals surface area contributed by atoms with Gasteiger partial charge >= 0.3 is 0 Å². The zero-order valence-electron chi connectivity index (χ0n) is 17.9. The van der Waals surface area contributed by atoms with Crippen molar-refractivity contribution in [2.45, 2.75) is 6.42 Å². The number of anilines is 1. The molecule has 0 spiro atoms. The van der Waals surface area contributed by atoms with E-state index in [1.165, 1.54) is 0 Å². The van der Waals surface area contributed by atoms with Crippen LogP contribution in [-0.4, -0.2) is 61.1 Å². The molecule has 5 rings (SSSR count). The van der Waals surface area contributed by atoms with Gasteiger partial charge in [0.05, 0.1) is 19.2 Å². The molecule has 0 radical (unpaired) electrons. The minimum atomic E-state index is 0.110. The number of fused-ring (bicyclic) bond motifs is 1. The molecular weight excluding hydrogens is 408 g/mol. The van der Waals surface area contributed by atoms with Gasteiger partial charge < -0.3 is 24.0 Å². The highest BCUT2D eigenvalue weighted by molar-refractivity contribution is 5.79. The highest BCUT2D eigenvalue weighted by Crippen LogP contribution is 2.35. The maximum atomic E-state index is 12.8. The Morgan fingerprint density at radius 1 is 0.969 bits per heavy atom.